The molecule has 0 spiro atoms. The number of aliphatic hydroxyl groups excluding tert-OH is 1. The van der Waals surface area contributed by atoms with Crippen molar-refractivity contribution in [2.45, 2.75) is 23.8 Å². The molecule has 0 amide bonds. The summed E-state index contributed by atoms with van der Waals surface area (Å²) in [7, 11) is -4.01. The van der Waals surface area contributed by atoms with Gasteiger partial charge >= 0.3 is 0 Å². The second kappa shape index (κ2) is 6.98. The Morgan fingerprint density at radius 1 is 1.17 bits per heavy atom. The van der Waals surface area contributed by atoms with Crippen molar-refractivity contribution < 1.29 is 18.3 Å². The highest BCUT2D eigenvalue weighted by Gasteiger charge is 2.27. The van der Waals surface area contributed by atoms with Gasteiger partial charge in [0.1, 0.15) is 12.4 Å². The number of H-pyrrole nitrogens is 1. The van der Waals surface area contributed by atoms with E-state index < -0.39 is 15.4 Å². The van der Waals surface area contributed by atoms with E-state index in [1.165, 1.54) is 10.6 Å². The minimum Gasteiger partial charge on any atom is -0.491 e. The molecule has 10 heteroatoms. The summed E-state index contributed by atoms with van der Waals surface area (Å²) in [6.45, 7) is 3.50. The molecular formula is C19H18N4O5S. The molecule has 0 fully saturated rings. The van der Waals surface area contributed by atoms with Crippen molar-refractivity contribution in [2.75, 3.05) is 13.2 Å². The molecule has 0 aliphatic carbocycles. The van der Waals surface area contributed by atoms with E-state index in [0.717, 1.165) is 5.56 Å². The Morgan fingerprint density at radius 3 is 2.69 bits per heavy atom. The van der Waals surface area contributed by atoms with Crippen molar-refractivity contribution in [2.24, 2.45) is 0 Å². The summed E-state index contributed by atoms with van der Waals surface area (Å²) in [6, 6.07) is 9.67. The molecule has 2 aromatic heterocycles. The Labute approximate surface area is 165 Å². The Kier molecular flexibility index (Phi) is 4.59. The number of fused-ring (bicyclic) bond motifs is 3. The minimum absolute atomic E-state index is 0.0261. The zero-order valence-electron chi connectivity index (χ0n) is 15.7. The fourth-order valence-corrected chi connectivity index (χ4v) is 4.71. The lowest BCUT2D eigenvalue weighted by Crippen LogP contribution is -2.13. The molecule has 2 heterocycles. The van der Waals surface area contributed by atoms with Gasteiger partial charge < -0.3 is 14.8 Å². The molecule has 29 heavy (non-hydrogen) atoms. The number of benzene rings is 2. The van der Waals surface area contributed by atoms with Crippen LogP contribution in [0.1, 0.15) is 11.1 Å². The highest BCUT2D eigenvalue weighted by Crippen LogP contribution is 2.27. The third-order valence-electron chi connectivity index (χ3n) is 4.55. The van der Waals surface area contributed by atoms with Gasteiger partial charge in [0.15, 0.2) is 5.65 Å². The highest BCUT2D eigenvalue weighted by molar-refractivity contribution is 7.91. The fourth-order valence-electron chi connectivity index (χ4n) is 3.24. The molecule has 4 rings (SSSR count). The number of nitrogens with one attached hydrogen (secondary N) is 1. The zero-order valence-corrected chi connectivity index (χ0v) is 16.5. The normalized spacial score (nSPS) is 12.0. The van der Waals surface area contributed by atoms with Gasteiger partial charge in [-0.25, -0.2) is 8.42 Å². The number of sulfone groups is 1. The van der Waals surface area contributed by atoms with E-state index in [1.54, 1.807) is 37.3 Å². The molecule has 0 bridgehead atoms. The first-order chi connectivity index (χ1) is 13.8. The molecule has 0 aliphatic rings. The average Bonchev–Trinajstić information content (AvgIpc) is 3.10. The number of nitrogens with zero attached hydrogens (tertiary/aromatic N) is 3. The third-order valence-corrected chi connectivity index (χ3v) is 6.37. The third kappa shape index (κ3) is 3.15. The number of rotatable bonds is 5. The van der Waals surface area contributed by atoms with Gasteiger partial charge in [0.05, 0.1) is 22.4 Å². The van der Waals surface area contributed by atoms with Gasteiger partial charge in [0, 0.05) is 6.07 Å². The van der Waals surface area contributed by atoms with Gasteiger partial charge in [-0.2, -0.15) is 4.52 Å². The molecule has 0 atom stereocenters. The van der Waals surface area contributed by atoms with E-state index in [2.05, 4.69) is 15.3 Å². The van der Waals surface area contributed by atoms with Crippen LogP contribution in [0.5, 0.6) is 5.75 Å². The monoisotopic (exact) mass is 414 g/mol. The average molecular weight is 414 g/mol. The van der Waals surface area contributed by atoms with Crippen LogP contribution in [0, 0.1) is 13.8 Å². The number of aromatic amines is 1. The number of aliphatic hydroxyl groups is 1. The predicted octanol–water partition coefficient (Wildman–Crippen LogP) is 1.39. The molecule has 0 radical (unpaired) electrons. The molecule has 2 aromatic carbocycles. The van der Waals surface area contributed by atoms with Crippen LogP contribution < -0.4 is 10.3 Å². The topological polar surface area (TPSA) is 127 Å². The number of aromatic nitrogens is 4. The first-order valence-electron chi connectivity index (χ1n) is 8.80. The van der Waals surface area contributed by atoms with E-state index in [-0.39, 0.29) is 28.8 Å². The van der Waals surface area contributed by atoms with Crippen LogP contribution >= 0.6 is 0 Å². The van der Waals surface area contributed by atoms with E-state index >= 15 is 0 Å². The van der Waals surface area contributed by atoms with Crippen molar-refractivity contribution >= 4 is 26.4 Å². The number of hydrogen-bond acceptors (Lipinski definition) is 7. The van der Waals surface area contributed by atoms with Crippen molar-refractivity contribution in [3.63, 3.8) is 0 Å². The maximum absolute atomic E-state index is 13.2. The van der Waals surface area contributed by atoms with Gasteiger partial charge in [0.25, 0.3) is 5.56 Å². The summed E-state index contributed by atoms with van der Waals surface area (Å²) in [6.07, 6.45) is 0. The van der Waals surface area contributed by atoms with Crippen LogP contribution in [-0.2, 0) is 9.84 Å². The molecule has 150 valence electrons. The lowest BCUT2D eigenvalue weighted by Gasteiger charge is -2.08. The van der Waals surface area contributed by atoms with Crippen molar-refractivity contribution in [3.05, 3.63) is 57.9 Å². The summed E-state index contributed by atoms with van der Waals surface area (Å²) < 4.78 is 33.1. The second-order valence-corrected chi connectivity index (χ2v) is 8.47. The van der Waals surface area contributed by atoms with Crippen LogP contribution in [0.3, 0.4) is 0 Å². The van der Waals surface area contributed by atoms with Crippen molar-refractivity contribution in [1.29, 1.82) is 0 Å². The molecule has 0 unspecified atom stereocenters. The molecule has 0 saturated heterocycles. The van der Waals surface area contributed by atoms with E-state index in [9.17, 15) is 13.2 Å². The second-order valence-electron chi connectivity index (χ2n) is 6.63. The Morgan fingerprint density at radius 2 is 1.97 bits per heavy atom. The first kappa shape index (κ1) is 19.1. The predicted molar refractivity (Wildman–Crippen MR) is 105 cm³/mol. The van der Waals surface area contributed by atoms with E-state index in [1.807, 2.05) is 6.92 Å². The standard InChI is InChI=1S/C19H18N4O5S/c1-11-3-6-16(12(2)9-11)29(26,27)19-17-20-18(25)14-5-4-13(28-8-7-24)10-15(14)23(17)22-21-19/h3-6,9-10,24H,7-8H2,1-2H3,(H,20,25). The van der Waals surface area contributed by atoms with E-state index in [4.69, 9.17) is 9.84 Å². The number of ether oxygens (including phenoxy) is 1. The first-order valence-corrected chi connectivity index (χ1v) is 10.3. The summed E-state index contributed by atoms with van der Waals surface area (Å²) in [5, 5.41) is 16.7. The Bertz CT molecular complexity index is 1410. The minimum atomic E-state index is -4.01. The van der Waals surface area contributed by atoms with Crippen LogP contribution in [0.15, 0.2) is 51.1 Å². The maximum atomic E-state index is 13.2. The van der Waals surface area contributed by atoms with E-state index in [0.29, 0.717) is 22.2 Å². The summed E-state index contributed by atoms with van der Waals surface area (Å²) in [5.41, 5.74) is 1.36. The largest absolute Gasteiger partial charge is 0.491 e. The van der Waals surface area contributed by atoms with Crippen LogP contribution in [0.4, 0.5) is 0 Å². The molecular weight excluding hydrogens is 396 g/mol. The van der Waals surface area contributed by atoms with Crippen molar-refractivity contribution in [1.82, 2.24) is 19.8 Å². The summed E-state index contributed by atoms with van der Waals surface area (Å²) in [4.78, 5) is 15.2. The highest BCUT2D eigenvalue weighted by atomic mass is 32.2. The SMILES string of the molecule is Cc1ccc(S(=O)(=O)c2nnn3c2[nH]c(=O)c2ccc(OCCO)cc23)c(C)c1. The molecule has 9 nitrogen and oxygen atoms in total. The zero-order chi connectivity index (χ0) is 20.8. The van der Waals surface area contributed by atoms with Crippen LogP contribution in [0.25, 0.3) is 16.6 Å². The Hall–Kier alpha value is -3.24. The maximum Gasteiger partial charge on any atom is 0.259 e. The number of aryl methyl sites for hydroxylation is 2. The van der Waals surface area contributed by atoms with Gasteiger partial charge in [-0.3, -0.25) is 4.79 Å². The van der Waals surface area contributed by atoms with Gasteiger partial charge in [-0.1, -0.05) is 22.9 Å². The summed E-state index contributed by atoms with van der Waals surface area (Å²) >= 11 is 0. The van der Waals surface area contributed by atoms with Gasteiger partial charge in [-0.05, 0) is 37.6 Å². The lowest BCUT2D eigenvalue weighted by atomic mass is 10.2. The summed E-state index contributed by atoms with van der Waals surface area (Å²) in [5.74, 6) is 0.410. The molecule has 2 N–H and O–H groups in total. The molecule has 0 saturated carbocycles. The molecule has 4 aromatic rings. The number of hydrogen-bond donors (Lipinski definition) is 2. The van der Waals surface area contributed by atoms with Gasteiger partial charge in [-0.15, -0.1) is 5.10 Å². The van der Waals surface area contributed by atoms with Crippen LogP contribution in [-0.4, -0.2) is 46.5 Å². The lowest BCUT2D eigenvalue weighted by molar-refractivity contribution is 0.201. The van der Waals surface area contributed by atoms with Crippen molar-refractivity contribution in [3.8, 4) is 5.75 Å². The van der Waals surface area contributed by atoms with Crippen LogP contribution in [0.2, 0.25) is 0 Å². The Balaban J connectivity index is 1.96. The van der Waals surface area contributed by atoms with Gasteiger partial charge in [0.2, 0.25) is 14.9 Å². The quantitative estimate of drug-likeness (QED) is 0.505. The smallest absolute Gasteiger partial charge is 0.259 e. The molecule has 0 aliphatic heterocycles. The fraction of sp³-hybridized carbons (Fsp3) is 0.211.